The molecule has 0 aromatic rings. The SMILES string of the molecule is CCCC/C=C/C(O)C(COC1OC(CO)C(O)C(O)C1O)NC(=O)CCCCCCCCCCCCCCCCCCCCCCCCCCCCCCCCCCC. The van der Waals surface area contributed by atoms with Gasteiger partial charge >= 0.3 is 0 Å². The number of nitrogens with one attached hydrogen (secondary N) is 1. The molecule has 6 N–H and O–H groups in total. The van der Waals surface area contributed by atoms with Crippen LogP contribution in [0.15, 0.2) is 12.2 Å². The van der Waals surface area contributed by atoms with Crippen LogP contribution >= 0.6 is 0 Å². The first-order valence-corrected chi connectivity index (χ1v) is 25.9. The molecule has 0 aliphatic carbocycles. The Balaban J connectivity index is 1.95. The van der Waals surface area contributed by atoms with Gasteiger partial charge in [0.05, 0.1) is 25.4 Å². The lowest BCUT2D eigenvalue weighted by atomic mass is 9.99. The minimum Gasteiger partial charge on any atom is -0.394 e. The highest BCUT2D eigenvalue weighted by Gasteiger charge is 2.44. The van der Waals surface area contributed by atoms with Gasteiger partial charge in [0, 0.05) is 6.42 Å². The van der Waals surface area contributed by atoms with Gasteiger partial charge in [-0.1, -0.05) is 244 Å². The van der Waals surface area contributed by atoms with E-state index in [-0.39, 0.29) is 12.5 Å². The molecule has 1 aliphatic rings. The van der Waals surface area contributed by atoms with Gasteiger partial charge in [0.25, 0.3) is 0 Å². The van der Waals surface area contributed by atoms with Crippen molar-refractivity contribution in [1.82, 2.24) is 5.32 Å². The average molecular weight is 854 g/mol. The Morgan fingerprint density at radius 1 is 0.550 bits per heavy atom. The van der Waals surface area contributed by atoms with Crippen LogP contribution in [0, 0.1) is 0 Å². The Bertz CT molecular complexity index is 950. The lowest BCUT2D eigenvalue weighted by molar-refractivity contribution is -0.302. The van der Waals surface area contributed by atoms with Gasteiger partial charge in [-0.25, -0.2) is 0 Å². The molecule has 1 rings (SSSR count). The van der Waals surface area contributed by atoms with E-state index >= 15 is 0 Å². The normalized spacial score (nSPS) is 20.6. The third-order valence-corrected chi connectivity index (χ3v) is 12.6. The molecule has 1 fully saturated rings. The van der Waals surface area contributed by atoms with Crippen molar-refractivity contribution in [3.63, 3.8) is 0 Å². The zero-order valence-corrected chi connectivity index (χ0v) is 39.2. The first-order chi connectivity index (χ1) is 29.3. The van der Waals surface area contributed by atoms with Crippen molar-refractivity contribution in [1.29, 1.82) is 0 Å². The fraction of sp³-hybridized carbons (Fsp3) is 0.941. The van der Waals surface area contributed by atoms with Gasteiger partial charge < -0.3 is 40.3 Å². The van der Waals surface area contributed by atoms with E-state index < -0.39 is 49.5 Å². The van der Waals surface area contributed by atoms with Crippen LogP contribution in [0.1, 0.15) is 251 Å². The van der Waals surface area contributed by atoms with Gasteiger partial charge in [-0.3, -0.25) is 4.79 Å². The number of aliphatic hydroxyl groups is 5. The van der Waals surface area contributed by atoms with Crippen LogP contribution in [0.2, 0.25) is 0 Å². The molecule has 1 saturated heterocycles. The zero-order chi connectivity index (χ0) is 43.7. The average Bonchev–Trinajstić information content (AvgIpc) is 3.25. The van der Waals surface area contributed by atoms with Crippen molar-refractivity contribution < 1.29 is 39.8 Å². The van der Waals surface area contributed by atoms with E-state index in [1.807, 2.05) is 6.08 Å². The molecule has 0 radical (unpaired) electrons. The lowest BCUT2D eigenvalue weighted by Crippen LogP contribution is -2.60. The number of aliphatic hydroxyl groups excluding tert-OH is 5. The molecule has 1 heterocycles. The molecular weight excluding hydrogens is 755 g/mol. The maximum absolute atomic E-state index is 12.8. The summed E-state index contributed by atoms with van der Waals surface area (Å²) in [4.78, 5) is 12.8. The number of hydrogen-bond donors (Lipinski definition) is 6. The van der Waals surface area contributed by atoms with Crippen molar-refractivity contribution in [2.75, 3.05) is 13.2 Å². The number of carbonyl (C=O) groups excluding carboxylic acids is 1. The molecule has 0 aromatic carbocycles. The second-order valence-corrected chi connectivity index (χ2v) is 18.3. The largest absolute Gasteiger partial charge is 0.394 e. The Morgan fingerprint density at radius 3 is 1.28 bits per heavy atom. The van der Waals surface area contributed by atoms with E-state index in [1.54, 1.807) is 6.08 Å². The predicted octanol–water partition coefficient (Wildman–Crippen LogP) is 11.7. The lowest BCUT2D eigenvalue weighted by Gasteiger charge is -2.40. The maximum Gasteiger partial charge on any atom is 0.220 e. The molecular formula is C51H99NO8. The number of unbranched alkanes of at least 4 members (excludes halogenated alkanes) is 34. The summed E-state index contributed by atoms with van der Waals surface area (Å²) >= 11 is 0. The van der Waals surface area contributed by atoms with Crippen LogP contribution in [-0.2, 0) is 14.3 Å². The molecule has 0 spiro atoms. The van der Waals surface area contributed by atoms with Gasteiger partial charge in [-0.15, -0.1) is 0 Å². The highest BCUT2D eigenvalue weighted by atomic mass is 16.7. The minimum atomic E-state index is -1.56. The van der Waals surface area contributed by atoms with Crippen LogP contribution in [0.5, 0.6) is 0 Å². The van der Waals surface area contributed by atoms with Crippen molar-refractivity contribution in [2.45, 2.75) is 294 Å². The Kier molecular flexibility index (Phi) is 39.8. The summed E-state index contributed by atoms with van der Waals surface area (Å²) in [7, 11) is 0. The second kappa shape index (κ2) is 41.9. The van der Waals surface area contributed by atoms with E-state index in [0.717, 1.165) is 38.5 Å². The molecule has 9 heteroatoms. The smallest absolute Gasteiger partial charge is 0.220 e. The topological polar surface area (TPSA) is 149 Å². The molecule has 7 atom stereocenters. The van der Waals surface area contributed by atoms with Crippen LogP contribution in [0.4, 0.5) is 0 Å². The number of amides is 1. The monoisotopic (exact) mass is 854 g/mol. The van der Waals surface area contributed by atoms with E-state index in [9.17, 15) is 30.3 Å². The van der Waals surface area contributed by atoms with E-state index in [2.05, 4.69) is 19.2 Å². The minimum absolute atomic E-state index is 0.181. The van der Waals surface area contributed by atoms with E-state index in [0.29, 0.717) is 6.42 Å². The molecule has 60 heavy (non-hydrogen) atoms. The van der Waals surface area contributed by atoms with Crippen molar-refractivity contribution in [3.8, 4) is 0 Å². The first-order valence-electron chi connectivity index (χ1n) is 25.9. The fourth-order valence-electron chi connectivity index (χ4n) is 8.44. The fourth-order valence-corrected chi connectivity index (χ4v) is 8.44. The molecule has 0 aromatic heterocycles. The molecule has 356 valence electrons. The summed E-state index contributed by atoms with van der Waals surface area (Å²) in [5.41, 5.74) is 0. The molecule has 0 saturated carbocycles. The van der Waals surface area contributed by atoms with Gasteiger partial charge in [-0.05, 0) is 12.8 Å². The summed E-state index contributed by atoms with van der Waals surface area (Å²) in [5, 5.41) is 53.6. The summed E-state index contributed by atoms with van der Waals surface area (Å²) in [6.07, 6.45) is 43.8. The summed E-state index contributed by atoms with van der Waals surface area (Å²) in [5.74, 6) is -0.181. The van der Waals surface area contributed by atoms with Crippen molar-refractivity contribution in [3.05, 3.63) is 12.2 Å². The second-order valence-electron chi connectivity index (χ2n) is 18.3. The van der Waals surface area contributed by atoms with Crippen LogP contribution < -0.4 is 5.32 Å². The maximum atomic E-state index is 12.8. The van der Waals surface area contributed by atoms with Gasteiger partial charge in [0.2, 0.25) is 5.91 Å². The number of hydrogen-bond acceptors (Lipinski definition) is 8. The van der Waals surface area contributed by atoms with E-state index in [4.69, 9.17) is 9.47 Å². The molecule has 1 amide bonds. The predicted molar refractivity (Wildman–Crippen MR) is 249 cm³/mol. The van der Waals surface area contributed by atoms with Crippen LogP contribution in [0.25, 0.3) is 0 Å². The standard InChI is InChI=1S/C51H99NO8/c1-3-5-7-9-10-11-12-13-14-15-16-17-18-19-20-21-22-23-24-25-26-27-28-29-30-31-32-33-34-35-36-37-39-41-47(55)52-44(45(54)40-38-8-6-4-2)43-59-51-50(58)49(57)48(56)46(42-53)60-51/h38,40,44-46,48-51,53-54,56-58H,3-37,39,41-43H2,1-2H3,(H,52,55)/b40-38+. The Morgan fingerprint density at radius 2 is 0.917 bits per heavy atom. The Hall–Kier alpha value is -1.07. The molecule has 1 aliphatic heterocycles. The third-order valence-electron chi connectivity index (χ3n) is 12.6. The van der Waals surface area contributed by atoms with Crippen molar-refractivity contribution in [2.24, 2.45) is 0 Å². The van der Waals surface area contributed by atoms with Gasteiger partial charge in [0.15, 0.2) is 6.29 Å². The molecule has 7 unspecified atom stereocenters. The number of rotatable bonds is 44. The van der Waals surface area contributed by atoms with E-state index in [1.165, 1.54) is 193 Å². The Labute approximate surface area is 369 Å². The highest BCUT2D eigenvalue weighted by Crippen LogP contribution is 2.23. The number of allylic oxidation sites excluding steroid dienone is 1. The van der Waals surface area contributed by atoms with Crippen LogP contribution in [0.3, 0.4) is 0 Å². The molecule has 9 nitrogen and oxygen atoms in total. The van der Waals surface area contributed by atoms with Crippen molar-refractivity contribution >= 4 is 5.91 Å². The first kappa shape index (κ1) is 56.9. The van der Waals surface area contributed by atoms with Gasteiger partial charge in [0.1, 0.15) is 24.4 Å². The summed E-state index contributed by atoms with van der Waals surface area (Å²) in [6, 6.07) is -0.795. The summed E-state index contributed by atoms with van der Waals surface area (Å²) < 4.78 is 11.1. The number of carbonyl (C=O) groups is 1. The summed E-state index contributed by atoms with van der Waals surface area (Å²) in [6.45, 7) is 3.64. The quantitative estimate of drug-likeness (QED) is 0.0262. The number of ether oxygens (including phenoxy) is 2. The van der Waals surface area contributed by atoms with Crippen LogP contribution in [-0.4, -0.2) is 87.5 Å². The molecule has 0 bridgehead atoms. The third kappa shape index (κ3) is 31.7. The highest BCUT2D eigenvalue weighted by molar-refractivity contribution is 5.76. The van der Waals surface area contributed by atoms with Gasteiger partial charge in [-0.2, -0.15) is 0 Å². The zero-order valence-electron chi connectivity index (χ0n) is 39.2.